The SMILES string of the molecule is CCOC(=O)c1c(NC(=O)C(C#N)=Cc2ccccc2)sc2c1CCCC2. The summed E-state index contributed by atoms with van der Waals surface area (Å²) < 4.78 is 5.19. The first-order valence-corrected chi connectivity index (χ1v) is 9.75. The normalized spacial score (nSPS) is 13.4. The first-order valence-electron chi connectivity index (χ1n) is 8.94. The van der Waals surface area contributed by atoms with Gasteiger partial charge >= 0.3 is 5.97 Å². The number of nitriles is 1. The predicted molar refractivity (Wildman–Crippen MR) is 106 cm³/mol. The molecule has 1 N–H and O–H groups in total. The highest BCUT2D eigenvalue weighted by Gasteiger charge is 2.27. The van der Waals surface area contributed by atoms with E-state index in [2.05, 4.69) is 5.32 Å². The molecule has 0 radical (unpaired) electrons. The number of hydrogen-bond acceptors (Lipinski definition) is 5. The third kappa shape index (κ3) is 4.26. The molecule has 0 spiro atoms. The number of anilines is 1. The Labute approximate surface area is 162 Å². The van der Waals surface area contributed by atoms with E-state index in [1.807, 2.05) is 36.4 Å². The average molecular weight is 380 g/mol. The minimum Gasteiger partial charge on any atom is -0.462 e. The van der Waals surface area contributed by atoms with E-state index in [1.54, 1.807) is 6.92 Å². The van der Waals surface area contributed by atoms with Gasteiger partial charge in [-0.3, -0.25) is 4.79 Å². The van der Waals surface area contributed by atoms with Crippen LogP contribution in [-0.4, -0.2) is 18.5 Å². The van der Waals surface area contributed by atoms with E-state index in [0.29, 0.717) is 10.6 Å². The van der Waals surface area contributed by atoms with Crippen LogP contribution < -0.4 is 5.32 Å². The second-order valence-corrected chi connectivity index (χ2v) is 7.28. The molecule has 0 unspecified atom stereocenters. The van der Waals surface area contributed by atoms with E-state index in [4.69, 9.17) is 4.74 Å². The lowest BCUT2D eigenvalue weighted by Crippen LogP contribution is -2.16. The summed E-state index contributed by atoms with van der Waals surface area (Å²) in [6.07, 6.45) is 5.32. The van der Waals surface area contributed by atoms with Gasteiger partial charge < -0.3 is 10.1 Å². The molecular formula is C21H20N2O3S. The highest BCUT2D eigenvalue weighted by Crippen LogP contribution is 2.38. The van der Waals surface area contributed by atoms with Crippen molar-refractivity contribution in [2.45, 2.75) is 32.6 Å². The van der Waals surface area contributed by atoms with Gasteiger partial charge in [0.05, 0.1) is 12.2 Å². The van der Waals surface area contributed by atoms with Crippen molar-refractivity contribution in [3.8, 4) is 6.07 Å². The molecule has 138 valence electrons. The van der Waals surface area contributed by atoms with Crippen molar-refractivity contribution in [2.75, 3.05) is 11.9 Å². The molecule has 2 aromatic rings. The molecule has 3 rings (SSSR count). The quantitative estimate of drug-likeness (QED) is 0.475. The van der Waals surface area contributed by atoms with Crippen LogP contribution in [0.2, 0.25) is 0 Å². The van der Waals surface area contributed by atoms with Crippen molar-refractivity contribution < 1.29 is 14.3 Å². The minimum atomic E-state index is -0.523. The second kappa shape index (κ2) is 8.65. The van der Waals surface area contributed by atoms with Gasteiger partial charge in [0, 0.05) is 4.88 Å². The Balaban J connectivity index is 1.91. The molecule has 1 heterocycles. The number of esters is 1. The lowest BCUT2D eigenvalue weighted by Gasteiger charge is -2.12. The zero-order chi connectivity index (χ0) is 19.2. The van der Waals surface area contributed by atoms with Crippen LogP contribution >= 0.6 is 11.3 Å². The van der Waals surface area contributed by atoms with Gasteiger partial charge in [0.2, 0.25) is 0 Å². The Morgan fingerprint density at radius 2 is 2.00 bits per heavy atom. The zero-order valence-corrected chi connectivity index (χ0v) is 15.9. The number of benzene rings is 1. The predicted octanol–water partition coefficient (Wildman–Crippen LogP) is 4.35. The Kier molecular flexibility index (Phi) is 6.05. The van der Waals surface area contributed by atoms with Gasteiger partial charge in [-0.05, 0) is 49.8 Å². The molecule has 0 fully saturated rings. The monoisotopic (exact) mass is 380 g/mol. The van der Waals surface area contributed by atoms with Gasteiger partial charge in [0.1, 0.15) is 16.6 Å². The molecule has 27 heavy (non-hydrogen) atoms. The lowest BCUT2D eigenvalue weighted by molar-refractivity contribution is -0.112. The number of ether oxygens (including phenoxy) is 1. The number of amides is 1. The number of fused-ring (bicyclic) bond motifs is 1. The Morgan fingerprint density at radius 1 is 1.26 bits per heavy atom. The van der Waals surface area contributed by atoms with E-state index < -0.39 is 11.9 Å². The van der Waals surface area contributed by atoms with E-state index in [1.165, 1.54) is 17.4 Å². The van der Waals surface area contributed by atoms with Crippen molar-refractivity contribution in [3.05, 3.63) is 57.5 Å². The van der Waals surface area contributed by atoms with Crippen molar-refractivity contribution in [3.63, 3.8) is 0 Å². The van der Waals surface area contributed by atoms with Crippen LogP contribution in [0.3, 0.4) is 0 Å². The summed E-state index contributed by atoms with van der Waals surface area (Å²) in [5, 5.41) is 12.6. The standard InChI is InChI=1S/C21H20N2O3S/c1-2-26-21(25)18-16-10-6-7-11-17(16)27-20(18)23-19(24)15(13-22)12-14-8-4-3-5-9-14/h3-5,8-9,12H,2,6-7,10-11H2,1H3,(H,23,24). The molecule has 1 aromatic heterocycles. The van der Waals surface area contributed by atoms with Crippen molar-refractivity contribution >= 4 is 34.3 Å². The van der Waals surface area contributed by atoms with E-state index in [9.17, 15) is 14.9 Å². The van der Waals surface area contributed by atoms with Crippen LogP contribution in [0.4, 0.5) is 5.00 Å². The van der Waals surface area contributed by atoms with E-state index in [-0.39, 0.29) is 12.2 Å². The summed E-state index contributed by atoms with van der Waals surface area (Å²) in [6.45, 7) is 2.03. The Bertz CT molecular complexity index is 923. The second-order valence-electron chi connectivity index (χ2n) is 6.17. The molecule has 0 atom stereocenters. The molecule has 1 aliphatic carbocycles. The fraction of sp³-hybridized carbons (Fsp3) is 0.286. The van der Waals surface area contributed by atoms with Crippen molar-refractivity contribution in [1.82, 2.24) is 0 Å². The van der Waals surface area contributed by atoms with E-state index in [0.717, 1.165) is 41.7 Å². The van der Waals surface area contributed by atoms with Crippen LogP contribution in [0.15, 0.2) is 35.9 Å². The van der Waals surface area contributed by atoms with Gasteiger partial charge in [-0.1, -0.05) is 30.3 Å². The number of rotatable bonds is 5. The fourth-order valence-electron chi connectivity index (χ4n) is 3.11. The number of aryl methyl sites for hydroxylation is 1. The third-order valence-corrected chi connectivity index (χ3v) is 5.56. The summed E-state index contributed by atoms with van der Waals surface area (Å²) in [5.41, 5.74) is 2.18. The number of carbonyl (C=O) groups is 2. The number of thiophene rings is 1. The number of hydrogen-bond donors (Lipinski definition) is 1. The summed E-state index contributed by atoms with van der Waals surface area (Å²) in [7, 11) is 0. The lowest BCUT2D eigenvalue weighted by atomic mass is 9.95. The molecule has 0 aliphatic heterocycles. The van der Waals surface area contributed by atoms with Gasteiger partial charge in [-0.2, -0.15) is 5.26 Å². The number of carbonyl (C=O) groups excluding carboxylic acids is 2. The highest BCUT2D eigenvalue weighted by molar-refractivity contribution is 7.17. The summed E-state index contributed by atoms with van der Waals surface area (Å²) in [4.78, 5) is 26.2. The zero-order valence-electron chi connectivity index (χ0n) is 15.1. The first-order chi connectivity index (χ1) is 13.1. The maximum Gasteiger partial charge on any atom is 0.341 e. The highest BCUT2D eigenvalue weighted by atomic mass is 32.1. The molecule has 0 saturated heterocycles. The van der Waals surface area contributed by atoms with E-state index >= 15 is 0 Å². The smallest absolute Gasteiger partial charge is 0.341 e. The topological polar surface area (TPSA) is 79.2 Å². The van der Waals surface area contributed by atoms with Crippen LogP contribution in [-0.2, 0) is 22.4 Å². The molecule has 1 amide bonds. The Morgan fingerprint density at radius 3 is 2.70 bits per heavy atom. The van der Waals surface area contributed by atoms with Crippen LogP contribution in [0.1, 0.15) is 46.1 Å². The van der Waals surface area contributed by atoms with Crippen LogP contribution in [0.5, 0.6) is 0 Å². The number of nitrogens with zero attached hydrogens (tertiary/aromatic N) is 1. The van der Waals surface area contributed by atoms with Gasteiger partial charge in [0.25, 0.3) is 5.91 Å². The molecule has 1 aromatic carbocycles. The van der Waals surface area contributed by atoms with Gasteiger partial charge in [0.15, 0.2) is 0 Å². The summed E-state index contributed by atoms with van der Waals surface area (Å²) in [6, 6.07) is 11.1. The Hall–Kier alpha value is -2.91. The third-order valence-electron chi connectivity index (χ3n) is 4.35. The van der Waals surface area contributed by atoms with Crippen LogP contribution in [0, 0.1) is 11.3 Å². The molecule has 0 bridgehead atoms. The van der Waals surface area contributed by atoms with Crippen LogP contribution in [0.25, 0.3) is 6.08 Å². The van der Waals surface area contributed by atoms with Gasteiger partial charge in [-0.15, -0.1) is 11.3 Å². The molecular weight excluding hydrogens is 360 g/mol. The molecule has 1 aliphatic rings. The van der Waals surface area contributed by atoms with Crippen molar-refractivity contribution in [2.24, 2.45) is 0 Å². The summed E-state index contributed by atoms with van der Waals surface area (Å²) >= 11 is 1.41. The minimum absolute atomic E-state index is 0.0117. The average Bonchev–Trinajstić information content (AvgIpc) is 3.04. The van der Waals surface area contributed by atoms with Crippen molar-refractivity contribution in [1.29, 1.82) is 5.26 Å². The summed E-state index contributed by atoms with van der Waals surface area (Å²) in [5.74, 6) is -0.941. The largest absolute Gasteiger partial charge is 0.462 e. The molecule has 6 heteroatoms. The molecule has 5 nitrogen and oxygen atoms in total. The number of nitrogens with one attached hydrogen (secondary N) is 1. The maximum atomic E-state index is 12.6. The fourth-order valence-corrected chi connectivity index (χ4v) is 4.38. The first kappa shape index (κ1) is 18.9. The van der Waals surface area contributed by atoms with Gasteiger partial charge in [-0.25, -0.2) is 4.79 Å². The maximum absolute atomic E-state index is 12.6. The molecule has 0 saturated carbocycles.